The number of halogens is 5. The van der Waals surface area contributed by atoms with E-state index in [0.29, 0.717) is 5.56 Å². The van der Waals surface area contributed by atoms with Crippen LogP contribution in [-0.2, 0) is 5.88 Å². The van der Waals surface area contributed by atoms with Crippen molar-refractivity contribution in [2.45, 2.75) is 18.2 Å². The van der Waals surface area contributed by atoms with Gasteiger partial charge >= 0.3 is 12.3 Å². The van der Waals surface area contributed by atoms with E-state index < -0.39 is 19.0 Å². The van der Waals surface area contributed by atoms with Gasteiger partial charge in [0, 0.05) is 11.8 Å². The predicted octanol–water partition coefficient (Wildman–Crippen LogP) is 3.10. The Hall–Kier alpha value is -1.04. The smallest absolute Gasteiger partial charge is 0.340 e. The summed E-state index contributed by atoms with van der Waals surface area (Å²) in [5.41, 5.74) is 0.418. The first kappa shape index (κ1) is 13.0. The first-order valence-electron chi connectivity index (χ1n) is 4.25. The van der Waals surface area contributed by atoms with Crippen molar-refractivity contribution >= 4 is 11.6 Å². The first-order chi connectivity index (χ1) is 7.47. The summed E-state index contributed by atoms with van der Waals surface area (Å²) in [5, 5.41) is 0. The Kier molecular flexibility index (Phi) is 4.35. The van der Waals surface area contributed by atoms with Crippen LogP contribution in [0.3, 0.4) is 0 Å². The van der Waals surface area contributed by atoms with Gasteiger partial charge in [-0.25, -0.2) is 8.78 Å². The summed E-state index contributed by atoms with van der Waals surface area (Å²) in [7, 11) is 0. The molecule has 7 heteroatoms. The summed E-state index contributed by atoms with van der Waals surface area (Å²) in [6, 6.07) is 1.46. The van der Waals surface area contributed by atoms with E-state index in [0.717, 1.165) is 6.20 Å². The highest BCUT2D eigenvalue weighted by Crippen LogP contribution is 2.25. The largest absolute Gasteiger partial charge is 0.485 e. The maximum Gasteiger partial charge on any atom is 0.340 e. The Morgan fingerprint density at radius 3 is 2.69 bits per heavy atom. The molecule has 0 N–H and O–H groups in total. The van der Waals surface area contributed by atoms with Gasteiger partial charge < -0.3 is 4.74 Å². The van der Waals surface area contributed by atoms with Crippen LogP contribution in [0.2, 0.25) is 0 Å². The van der Waals surface area contributed by atoms with E-state index in [-0.39, 0.29) is 11.6 Å². The quantitative estimate of drug-likeness (QED) is 0.597. The molecule has 0 bridgehead atoms. The van der Waals surface area contributed by atoms with Crippen LogP contribution in [0.1, 0.15) is 5.56 Å². The molecule has 90 valence electrons. The van der Waals surface area contributed by atoms with Crippen LogP contribution >= 0.6 is 11.6 Å². The average molecular weight is 258 g/mol. The zero-order valence-electron chi connectivity index (χ0n) is 7.97. The number of hydrogen-bond donors (Lipinski definition) is 0. The van der Waals surface area contributed by atoms with Crippen molar-refractivity contribution in [1.82, 2.24) is 4.98 Å². The average Bonchev–Trinajstić information content (AvgIpc) is 2.26. The second kappa shape index (κ2) is 5.34. The van der Waals surface area contributed by atoms with Gasteiger partial charge in [-0.1, -0.05) is 0 Å². The summed E-state index contributed by atoms with van der Waals surface area (Å²) in [6.07, 6.45) is -1.21. The molecule has 1 rings (SSSR count). The molecule has 0 aromatic carbocycles. The predicted molar refractivity (Wildman–Crippen MR) is 50.2 cm³/mol. The monoisotopic (exact) mass is 257 g/mol. The molecule has 0 aliphatic heterocycles. The minimum Gasteiger partial charge on any atom is -0.485 e. The zero-order chi connectivity index (χ0) is 12.2. The highest BCUT2D eigenvalue weighted by molar-refractivity contribution is 6.17. The standard InChI is InChI=1S/C9H8ClF4NO/c10-3-6-1-2-15-4-7(6)16-5-9(13,14)8(11)12/h1-2,4,8H,3,5H2. The van der Waals surface area contributed by atoms with Crippen LogP contribution in [-0.4, -0.2) is 23.9 Å². The van der Waals surface area contributed by atoms with Crippen LogP contribution in [0.4, 0.5) is 17.6 Å². The molecular weight excluding hydrogens is 250 g/mol. The Morgan fingerprint density at radius 1 is 1.44 bits per heavy atom. The van der Waals surface area contributed by atoms with E-state index in [1.165, 1.54) is 12.3 Å². The van der Waals surface area contributed by atoms with E-state index in [9.17, 15) is 17.6 Å². The Bertz CT molecular complexity index is 348. The number of ether oxygens (including phenoxy) is 1. The topological polar surface area (TPSA) is 22.1 Å². The van der Waals surface area contributed by atoms with Gasteiger partial charge in [-0.2, -0.15) is 8.78 Å². The molecule has 0 saturated carbocycles. The molecule has 0 saturated heterocycles. The Labute approximate surface area is 94.2 Å². The molecule has 0 aliphatic rings. The molecule has 2 nitrogen and oxygen atoms in total. The lowest BCUT2D eigenvalue weighted by Gasteiger charge is -2.16. The van der Waals surface area contributed by atoms with E-state index in [4.69, 9.17) is 11.6 Å². The van der Waals surface area contributed by atoms with Gasteiger partial charge in [-0.3, -0.25) is 4.98 Å². The van der Waals surface area contributed by atoms with Gasteiger partial charge in [-0.05, 0) is 6.07 Å². The normalized spacial score (nSPS) is 11.9. The summed E-state index contributed by atoms with van der Waals surface area (Å²) in [6.45, 7) is -1.40. The van der Waals surface area contributed by atoms with Gasteiger partial charge in [0.1, 0.15) is 5.75 Å². The fraction of sp³-hybridized carbons (Fsp3) is 0.444. The molecule has 0 aliphatic carbocycles. The van der Waals surface area contributed by atoms with Gasteiger partial charge in [0.15, 0.2) is 6.61 Å². The van der Waals surface area contributed by atoms with Crippen LogP contribution in [0.25, 0.3) is 0 Å². The van der Waals surface area contributed by atoms with Crippen molar-refractivity contribution in [2.24, 2.45) is 0 Å². The number of pyridine rings is 1. The lowest BCUT2D eigenvalue weighted by Crippen LogP contribution is -2.33. The lowest BCUT2D eigenvalue weighted by molar-refractivity contribution is -0.148. The highest BCUT2D eigenvalue weighted by Gasteiger charge is 2.41. The molecule has 0 unspecified atom stereocenters. The third-order valence-electron chi connectivity index (χ3n) is 1.75. The minimum absolute atomic E-state index is 0.0159. The lowest BCUT2D eigenvalue weighted by atomic mass is 10.3. The first-order valence-corrected chi connectivity index (χ1v) is 4.78. The number of alkyl halides is 5. The van der Waals surface area contributed by atoms with Crippen molar-refractivity contribution in [3.63, 3.8) is 0 Å². The molecule has 0 radical (unpaired) electrons. The van der Waals surface area contributed by atoms with Crippen LogP contribution in [0, 0.1) is 0 Å². The fourth-order valence-electron chi connectivity index (χ4n) is 0.886. The van der Waals surface area contributed by atoms with Crippen LogP contribution < -0.4 is 4.74 Å². The fourth-order valence-corrected chi connectivity index (χ4v) is 1.11. The third-order valence-corrected chi connectivity index (χ3v) is 2.04. The van der Waals surface area contributed by atoms with E-state index in [2.05, 4.69) is 9.72 Å². The molecule has 0 fully saturated rings. The number of aromatic nitrogens is 1. The maximum absolute atomic E-state index is 12.5. The number of hydrogen-bond acceptors (Lipinski definition) is 2. The maximum atomic E-state index is 12.5. The zero-order valence-corrected chi connectivity index (χ0v) is 8.72. The van der Waals surface area contributed by atoms with E-state index >= 15 is 0 Å². The van der Waals surface area contributed by atoms with Gasteiger partial charge in [0.2, 0.25) is 0 Å². The molecule has 0 amide bonds. The summed E-state index contributed by atoms with van der Waals surface area (Å²) in [4.78, 5) is 3.62. The minimum atomic E-state index is -4.18. The molecule has 0 atom stereocenters. The molecule has 1 heterocycles. The molecule has 1 aromatic rings. The number of nitrogens with zero attached hydrogens (tertiary/aromatic N) is 1. The SMILES string of the molecule is FC(F)C(F)(F)COc1cnccc1CCl. The number of rotatable bonds is 5. The van der Waals surface area contributed by atoms with E-state index in [1.54, 1.807) is 0 Å². The summed E-state index contributed by atoms with van der Waals surface area (Å²) in [5.74, 6) is -4.17. The van der Waals surface area contributed by atoms with Gasteiger partial charge in [0.05, 0.1) is 12.1 Å². The molecular formula is C9H8ClF4NO. The molecule has 16 heavy (non-hydrogen) atoms. The van der Waals surface area contributed by atoms with Crippen molar-refractivity contribution in [3.8, 4) is 5.75 Å². The van der Waals surface area contributed by atoms with Crippen molar-refractivity contribution in [2.75, 3.05) is 6.61 Å². The van der Waals surface area contributed by atoms with Gasteiger partial charge in [0.25, 0.3) is 0 Å². The van der Waals surface area contributed by atoms with Gasteiger partial charge in [-0.15, -0.1) is 11.6 Å². The van der Waals surface area contributed by atoms with Crippen molar-refractivity contribution in [1.29, 1.82) is 0 Å². The van der Waals surface area contributed by atoms with Crippen molar-refractivity contribution in [3.05, 3.63) is 24.0 Å². The van der Waals surface area contributed by atoms with Crippen LogP contribution in [0.5, 0.6) is 5.75 Å². The molecule has 1 aromatic heterocycles. The van der Waals surface area contributed by atoms with Crippen molar-refractivity contribution < 1.29 is 22.3 Å². The van der Waals surface area contributed by atoms with E-state index in [1.807, 2.05) is 0 Å². The Balaban J connectivity index is 2.67. The Morgan fingerprint density at radius 2 is 2.12 bits per heavy atom. The summed E-state index contributed by atoms with van der Waals surface area (Å²) >= 11 is 5.50. The van der Waals surface area contributed by atoms with Crippen LogP contribution in [0.15, 0.2) is 18.5 Å². The second-order valence-electron chi connectivity index (χ2n) is 2.97. The summed E-state index contributed by atoms with van der Waals surface area (Å²) < 4.78 is 53.3. The highest BCUT2D eigenvalue weighted by atomic mass is 35.5. The second-order valence-corrected chi connectivity index (χ2v) is 3.23. The molecule has 0 spiro atoms. The third kappa shape index (κ3) is 3.23.